The molecule has 0 rings (SSSR count). The van der Waals surface area contributed by atoms with Gasteiger partial charge in [0, 0.05) is 20.8 Å². The van der Waals surface area contributed by atoms with Crippen molar-refractivity contribution in [1.82, 2.24) is 0 Å². The van der Waals surface area contributed by atoms with E-state index in [0.717, 1.165) is 12.5 Å². The predicted octanol–water partition coefficient (Wildman–Crippen LogP) is 0.734. The van der Waals surface area contributed by atoms with Gasteiger partial charge in [0.2, 0.25) is 0 Å². The lowest BCUT2D eigenvalue weighted by Crippen LogP contribution is -2.35. The molecule has 0 aromatic carbocycles. The van der Waals surface area contributed by atoms with Crippen LogP contribution < -0.4 is 0 Å². The topological polar surface area (TPSA) is 38.7 Å². The maximum atomic E-state index is 8.53. The van der Waals surface area contributed by atoms with Gasteiger partial charge in [-0.15, -0.1) is 0 Å². The van der Waals surface area contributed by atoms with Crippen LogP contribution in [0.15, 0.2) is 0 Å². The molecule has 0 saturated carbocycles. The summed E-state index contributed by atoms with van der Waals surface area (Å²) in [5.41, 5.74) is 0. The molecule has 0 saturated heterocycles. The molecule has 0 aliphatic rings. The van der Waals surface area contributed by atoms with E-state index in [4.69, 9.17) is 14.0 Å². The first-order valence-corrected chi connectivity index (χ1v) is 5.92. The van der Waals surface area contributed by atoms with E-state index in [9.17, 15) is 0 Å². The zero-order chi connectivity index (χ0) is 8.04. The van der Waals surface area contributed by atoms with Crippen LogP contribution in [0.25, 0.3) is 0 Å². The highest BCUT2D eigenvalue weighted by atomic mass is 28.4. The summed E-state index contributed by atoms with van der Waals surface area (Å²) >= 11 is 0. The number of hydrogen-bond donors (Lipinski definition) is 1. The molecule has 62 valence electrons. The Labute approximate surface area is 63.2 Å². The molecule has 0 unspecified atom stereocenters. The molecule has 0 heterocycles. The lowest BCUT2D eigenvalue weighted by molar-refractivity contribution is 0.238. The van der Waals surface area contributed by atoms with Crippen molar-refractivity contribution in [2.75, 3.05) is 20.8 Å². The third kappa shape index (κ3) is 3.31. The molecule has 0 aromatic rings. The van der Waals surface area contributed by atoms with E-state index in [-0.39, 0.29) is 6.61 Å². The monoisotopic (exact) mass is 164 g/mol. The Balaban J connectivity index is 3.58. The van der Waals surface area contributed by atoms with Crippen LogP contribution in [-0.4, -0.2) is 34.5 Å². The van der Waals surface area contributed by atoms with E-state index in [2.05, 4.69) is 0 Å². The van der Waals surface area contributed by atoms with Crippen LogP contribution in [0, 0.1) is 0 Å². The highest BCUT2D eigenvalue weighted by Crippen LogP contribution is 2.12. The quantitative estimate of drug-likeness (QED) is 0.609. The Morgan fingerprint density at radius 2 is 1.80 bits per heavy atom. The van der Waals surface area contributed by atoms with Gasteiger partial charge >= 0.3 is 8.56 Å². The molecule has 10 heavy (non-hydrogen) atoms. The Bertz CT molecular complexity index is 83.1. The minimum Gasteiger partial charge on any atom is -0.398 e. The van der Waals surface area contributed by atoms with Gasteiger partial charge in [-0.05, 0) is 19.0 Å². The van der Waals surface area contributed by atoms with Gasteiger partial charge in [0.1, 0.15) is 0 Å². The summed E-state index contributed by atoms with van der Waals surface area (Å²) in [5.74, 6) is 0. The fraction of sp³-hybridized carbons (Fsp3) is 1.00. The van der Waals surface area contributed by atoms with E-state index in [1.54, 1.807) is 14.2 Å². The molecule has 0 spiro atoms. The van der Waals surface area contributed by atoms with Crippen LogP contribution in [-0.2, 0) is 8.85 Å². The molecule has 0 amide bonds. The van der Waals surface area contributed by atoms with Crippen LogP contribution in [0.4, 0.5) is 0 Å². The molecule has 0 radical (unpaired) electrons. The van der Waals surface area contributed by atoms with E-state index >= 15 is 0 Å². The lowest BCUT2D eigenvalue weighted by atomic mass is 10.5. The Morgan fingerprint density at radius 1 is 1.30 bits per heavy atom. The largest absolute Gasteiger partial charge is 0.398 e. The van der Waals surface area contributed by atoms with E-state index in [1.165, 1.54) is 0 Å². The number of aliphatic hydroxyl groups excluding tert-OH is 1. The fourth-order valence-corrected chi connectivity index (χ4v) is 2.06. The van der Waals surface area contributed by atoms with Gasteiger partial charge in [0.25, 0.3) is 0 Å². The molecular formula is C6H16O3Si. The van der Waals surface area contributed by atoms with E-state index < -0.39 is 8.56 Å². The van der Waals surface area contributed by atoms with Crippen LogP contribution in [0.1, 0.15) is 6.42 Å². The second-order valence-corrected chi connectivity index (χ2v) is 5.95. The van der Waals surface area contributed by atoms with Crippen molar-refractivity contribution in [3.05, 3.63) is 0 Å². The highest BCUT2D eigenvalue weighted by Gasteiger charge is 2.27. The molecule has 0 bridgehead atoms. The first kappa shape index (κ1) is 10.1. The average molecular weight is 164 g/mol. The Morgan fingerprint density at radius 3 is 2.10 bits per heavy atom. The normalized spacial score (nSPS) is 12.0. The van der Waals surface area contributed by atoms with Crippen molar-refractivity contribution in [3.8, 4) is 0 Å². The van der Waals surface area contributed by atoms with Crippen LogP contribution in [0.5, 0.6) is 0 Å². The van der Waals surface area contributed by atoms with Crippen molar-refractivity contribution in [2.45, 2.75) is 19.0 Å². The zero-order valence-electron chi connectivity index (χ0n) is 6.89. The Hall–Kier alpha value is 0.0969. The van der Waals surface area contributed by atoms with Crippen LogP contribution >= 0.6 is 0 Å². The fourth-order valence-electron chi connectivity index (χ4n) is 0.688. The highest BCUT2D eigenvalue weighted by molar-refractivity contribution is 6.65. The van der Waals surface area contributed by atoms with Crippen molar-refractivity contribution in [2.24, 2.45) is 0 Å². The first-order chi connectivity index (χ1) is 4.68. The SMILES string of the molecule is CO[Si](C)(CCCO)OC. The summed E-state index contributed by atoms with van der Waals surface area (Å²) in [6.07, 6.45) is 0.768. The number of rotatable bonds is 5. The third-order valence-electron chi connectivity index (χ3n) is 1.65. The molecule has 3 nitrogen and oxygen atoms in total. The smallest absolute Gasteiger partial charge is 0.334 e. The average Bonchev–Trinajstić information content (AvgIpc) is 2.00. The van der Waals surface area contributed by atoms with Gasteiger partial charge in [-0.3, -0.25) is 0 Å². The van der Waals surface area contributed by atoms with Gasteiger partial charge in [-0.25, -0.2) is 0 Å². The molecule has 0 atom stereocenters. The second kappa shape index (κ2) is 4.84. The molecule has 1 N–H and O–H groups in total. The molecule has 0 fully saturated rings. The van der Waals surface area contributed by atoms with Crippen molar-refractivity contribution in [3.63, 3.8) is 0 Å². The van der Waals surface area contributed by atoms with E-state index in [0.29, 0.717) is 0 Å². The number of aliphatic hydroxyl groups is 1. The lowest BCUT2D eigenvalue weighted by Gasteiger charge is -2.21. The summed E-state index contributed by atoms with van der Waals surface area (Å²) in [7, 11) is 1.44. The molecule has 0 aliphatic heterocycles. The van der Waals surface area contributed by atoms with Crippen LogP contribution in [0.3, 0.4) is 0 Å². The van der Waals surface area contributed by atoms with E-state index in [1.807, 2.05) is 6.55 Å². The van der Waals surface area contributed by atoms with Gasteiger partial charge < -0.3 is 14.0 Å². The maximum absolute atomic E-state index is 8.53. The summed E-state index contributed by atoms with van der Waals surface area (Å²) in [6.45, 7) is 2.21. The molecule has 0 aromatic heterocycles. The summed E-state index contributed by atoms with van der Waals surface area (Å²) < 4.78 is 10.4. The standard InChI is InChI=1S/C6H16O3Si/c1-8-10(3,9-2)6-4-5-7/h7H,4-6H2,1-3H3. The van der Waals surface area contributed by atoms with Gasteiger partial charge in [-0.1, -0.05) is 0 Å². The maximum Gasteiger partial charge on any atom is 0.334 e. The predicted molar refractivity (Wildman–Crippen MR) is 42.1 cm³/mol. The number of hydrogen-bond acceptors (Lipinski definition) is 3. The minimum atomic E-state index is -1.88. The minimum absolute atomic E-state index is 0.218. The third-order valence-corrected chi connectivity index (χ3v) is 4.64. The van der Waals surface area contributed by atoms with Crippen molar-refractivity contribution < 1.29 is 14.0 Å². The molecular weight excluding hydrogens is 148 g/mol. The van der Waals surface area contributed by atoms with Crippen molar-refractivity contribution >= 4 is 8.56 Å². The van der Waals surface area contributed by atoms with Crippen LogP contribution in [0.2, 0.25) is 12.6 Å². The summed E-state index contributed by atoms with van der Waals surface area (Å²) in [6, 6.07) is 0.858. The molecule has 4 heteroatoms. The second-order valence-electron chi connectivity index (χ2n) is 2.37. The zero-order valence-corrected chi connectivity index (χ0v) is 7.89. The van der Waals surface area contributed by atoms with Gasteiger partial charge in [0.05, 0.1) is 0 Å². The molecule has 0 aliphatic carbocycles. The Kier molecular flexibility index (Phi) is 4.89. The van der Waals surface area contributed by atoms with Gasteiger partial charge in [0.15, 0.2) is 0 Å². The van der Waals surface area contributed by atoms with Crippen molar-refractivity contribution in [1.29, 1.82) is 0 Å². The summed E-state index contributed by atoms with van der Waals surface area (Å²) in [4.78, 5) is 0. The first-order valence-electron chi connectivity index (χ1n) is 3.39. The summed E-state index contributed by atoms with van der Waals surface area (Å²) in [5, 5.41) is 8.53. The van der Waals surface area contributed by atoms with Gasteiger partial charge in [-0.2, -0.15) is 0 Å².